The first-order valence-electron chi connectivity index (χ1n) is 10.9. The number of hydrogen-bond donors (Lipinski definition) is 2. The minimum atomic E-state index is -0.854. The Bertz CT molecular complexity index is 999. The van der Waals surface area contributed by atoms with Crippen LogP contribution in [0.5, 0.6) is 11.5 Å². The number of hydrazone groups is 1. The first-order valence-corrected chi connectivity index (χ1v) is 11.6. The molecule has 2 rings (SSSR count). The lowest BCUT2D eigenvalue weighted by Gasteiger charge is -2.13. The van der Waals surface area contributed by atoms with Gasteiger partial charge in [0, 0.05) is 13.2 Å². The molecule has 0 atom stereocenters. The van der Waals surface area contributed by atoms with E-state index < -0.39 is 11.8 Å². The van der Waals surface area contributed by atoms with Crippen molar-refractivity contribution in [1.29, 1.82) is 0 Å². The maximum Gasteiger partial charge on any atom is 0.329 e. The number of nitrogens with zero attached hydrogens (tertiary/aromatic N) is 1. The minimum Gasteiger partial charge on any atom is -0.490 e. The SMILES string of the molecule is CCOc1cc(/C=N\NC(=O)C(=O)NCCCOC(C)C)ccc1OCc1ccc(Cl)c(Cl)c1. The van der Waals surface area contributed by atoms with Crippen LogP contribution in [0.3, 0.4) is 0 Å². The van der Waals surface area contributed by atoms with Gasteiger partial charge >= 0.3 is 11.8 Å². The number of carbonyl (C=O) groups excluding carboxylic acids is 2. The van der Waals surface area contributed by atoms with Crippen LogP contribution in [0.4, 0.5) is 0 Å². The summed E-state index contributed by atoms with van der Waals surface area (Å²) in [6, 6.07) is 10.5. The molecule has 0 fully saturated rings. The van der Waals surface area contributed by atoms with E-state index in [2.05, 4.69) is 15.8 Å². The highest BCUT2D eigenvalue weighted by atomic mass is 35.5. The van der Waals surface area contributed by atoms with Crippen molar-refractivity contribution in [3.63, 3.8) is 0 Å². The first-order chi connectivity index (χ1) is 16.3. The van der Waals surface area contributed by atoms with E-state index in [0.717, 1.165) is 5.56 Å². The Kier molecular flexibility index (Phi) is 11.7. The molecule has 184 valence electrons. The number of rotatable bonds is 12. The zero-order chi connectivity index (χ0) is 24.9. The molecule has 10 heteroatoms. The zero-order valence-electron chi connectivity index (χ0n) is 19.4. The molecular formula is C24H29Cl2N3O5. The molecule has 8 nitrogen and oxygen atoms in total. The Balaban J connectivity index is 1.89. The van der Waals surface area contributed by atoms with Crippen molar-refractivity contribution in [3.05, 3.63) is 57.6 Å². The van der Waals surface area contributed by atoms with Crippen LogP contribution < -0.4 is 20.2 Å². The molecule has 0 heterocycles. The number of amides is 2. The largest absolute Gasteiger partial charge is 0.490 e. The van der Waals surface area contributed by atoms with Gasteiger partial charge in [0.05, 0.1) is 29.0 Å². The summed E-state index contributed by atoms with van der Waals surface area (Å²) in [6.07, 6.45) is 2.15. The number of nitrogens with one attached hydrogen (secondary N) is 2. The van der Waals surface area contributed by atoms with Gasteiger partial charge in [-0.2, -0.15) is 5.10 Å². The molecule has 0 saturated heterocycles. The molecule has 0 aliphatic rings. The van der Waals surface area contributed by atoms with Crippen molar-refractivity contribution >= 4 is 41.2 Å². The van der Waals surface area contributed by atoms with Crippen LogP contribution in [0.25, 0.3) is 0 Å². The summed E-state index contributed by atoms with van der Waals surface area (Å²) in [4.78, 5) is 23.7. The molecule has 0 bridgehead atoms. The van der Waals surface area contributed by atoms with Crippen LogP contribution in [0.15, 0.2) is 41.5 Å². The molecule has 0 spiro atoms. The van der Waals surface area contributed by atoms with E-state index in [0.29, 0.717) is 53.3 Å². The van der Waals surface area contributed by atoms with Crippen LogP contribution in [-0.4, -0.2) is 43.9 Å². The summed E-state index contributed by atoms with van der Waals surface area (Å²) >= 11 is 12.0. The third kappa shape index (κ3) is 9.59. The van der Waals surface area contributed by atoms with Gasteiger partial charge < -0.3 is 19.5 Å². The van der Waals surface area contributed by atoms with E-state index in [9.17, 15) is 9.59 Å². The highest BCUT2D eigenvalue weighted by Gasteiger charge is 2.12. The maximum absolute atomic E-state index is 11.9. The summed E-state index contributed by atoms with van der Waals surface area (Å²) in [5, 5.41) is 7.28. The van der Waals surface area contributed by atoms with Gasteiger partial charge in [0.15, 0.2) is 11.5 Å². The second-order valence-corrected chi connectivity index (χ2v) is 8.22. The summed E-state index contributed by atoms with van der Waals surface area (Å²) in [6.45, 7) is 7.27. The van der Waals surface area contributed by atoms with Gasteiger partial charge in [-0.15, -0.1) is 0 Å². The number of benzene rings is 2. The van der Waals surface area contributed by atoms with Crippen molar-refractivity contribution in [2.75, 3.05) is 19.8 Å². The van der Waals surface area contributed by atoms with Gasteiger partial charge in [0.25, 0.3) is 0 Å². The molecule has 0 aromatic heterocycles. The summed E-state index contributed by atoms with van der Waals surface area (Å²) in [7, 11) is 0. The van der Waals surface area contributed by atoms with Gasteiger partial charge in [-0.25, -0.2) is 5.43 Å². The van der Waals surface area contributed by atoms with E-state index in [1.54, 1.807) is 30.3 Å². The predicted molar refractivity (Wildman–Crippen MR) is 133 cm³/mol. The van der Waals surface area contributed by atoms with Crippen LogP contribution in [0.2, 0.25) is 10.0 Å². The maximum atomic E-state index is 11.9. The van der Waals surface area contributed by atoms with Crippen LogP contribution in [0, 0.1) is 0 Å². The Labute approximate surface area is 209 Å². The normalized spacial score (nSPS) is 11.0. The fourth-order valence-corrected chi connectivity index (χ4v) is 2.99. The molecule has 0 unspecified atom stereocenters. The quantitative estimate of drug-likeness (QED) is 0.192. The molecule has 0 aliphatic heterocycles. The minimum absolute atomic E-state index is 0.125. The number of halogens is 2. The van der Waals surface area contributed by atoms with Crippen molar-refractivity contribution in [2.24, 2.45) is 5.10 Å². The Morgan fingerprint density at radius 1 is 1.03 bits per heavy atom. The Hall–Kier alpha value is -2.81. The van der Waals surface area contributed by atoms with E-state index in [4.69, 9.17) is 37.4 Å². The average Bonchev–Trinajstić information content (AvgIpc) is 2.80. The van der Waals surface area contributed by atoms with E-state index in [1.165, 1.54) is 6.21 Å². The van der Waals surface area contributed by atoms with Crippen molar-refractivity contribution in [1.82, 2.24) is 10.7 Å². The number of carbonyl (C=O) groups is 2. The van der Waals surface area contributed by atoms with E-state index in [1.807, 2.05) is 26.8 Å². The highest BCUT2D eigenvalue weighted by Crippen LogP contribution is 2.29. The average molecular weight is 510 g/mol. The first kappa shape index (κ1) is 27.4. The van der Waals surface area contributed by atoms with Crippen molar-refractivity contribution in [3.8, 4) is 11.5 Å². The van der Waals surface area contributed by atoms with Crippen LogP contribution >= 0.6 is 23.2 Å². The standard InChI is InChI=1S/C24H29Cl2N3O5/c1-4-32-22-13-17(7-9-21(22)34-15-18-6-8-19(25)20(26)12-18)14-28-29-24(31)23(30)27-10-5-11-33-16(2)3/h6-9,12-14,16H,4-5,10-11,15H2,1-3H3,(H,27,30)(H,29,31)/b28-14-. The van der Waals surface area contributed by atoms with Gasteiger partial charge in [-0.3, -0.25) is 9.59 Å². The fourth-order valence-electron chi connectivity index (χ4n) is 2.67. The van der Waals surface area contributed by atoms with E-state index >= 15 is 0 Å². The third-order valence-corrected chi connectivity index (χ3v) is 5.03. The van der Waals surface area contributed by atoms with Gasteiger partial charge in [-0.1, -0.05) is 29.3 Å². The number of ether oxygens (including phenoxy) is 3. The molecule has 34 heavy (non-hydrogen) atoms. The molecular weight excluding hydrogens is 481 g/mol. The highest BCUT2D eigenvalue weighted by molar-refractivity contribution is 6.42. The van der Waals surface area contributed by atoms with Crippen LogP contribution in [0.1, 0.15) is 38.3 Å². The van der Waals surface area contributed by atoms with Crippen LogP contribution in [-0.2, 0) is 20.9 Å². The molecule has 2 amide bonds. The van der Waals surface area contributed by atoms with Gasteiger partial charge in [0.1, 0.15) is 6.61 Å². The fraction of sp³-hybridized carbons (Fsp3) is 0.375. The van der Waals surface area contributed by atoms with Crippen molar-refractivity contribution in [2.45, 2.75) is 39.9 Å². The molecule has 0 saturated carbocycles. The smallest absolute Gasteiger partial charge is 0.329 e. The lowest BCUT2D eigenvalue weighted by Crippen LogP contribution is -2.38. The summed E-state index contributed by atoms with van der Waals surface area (Å²) < 4.78 is 16.9. The monoisotopic (exact) mass is 509 g/mol. The molecule has 2 aromatic rings. The Morgan fingerprint density at radius 2 is 1.82 bits per heavy atom. The molecule has 2 aromatic carbocycles. The topological polar surface area (TPSA) is 98.2 Å². The third-order valence-electron chi connectivity index (χ3n) is 4.29. The molecule has 2 N–H and O–H groups in total. The van der Waals surface area contributed by atoms with E-state index in [-0.39, 0.29) is 12.7 Å². The second kappa shape index (κ2) is 14.5. The van der Waals surface area contributed by atoms with Crippen molar-refractivity contribution < 1.29 is 23.8 Å². The Morgan fingerprint density at radius 3 is 2.53 bits per heavy atom. The van der Waals surface area contributed by atoms with Gasteiger partial charge in [-0.05, 0) is 68.7 Å². The summed E-state index contributed by atoms with van der Waals surface area (Å²) in [5.41, 5.74) is 3.71. The second-order valence-electron chi connectivity index (χ2n) is 7.40. The zero-order valence-corrected chi connectivity index (χ0v) is 20.9. The predicted octanol–water partition coefficient (Wildman–Crippen LogP) is 4.35. The van der Waals surface area contributed by atoms with Gasteiger partial charge in [0.2, 0.25) is 0 Å². The summed E-state index contributed by atoms with van der Waals surface area (Å²) in [5.74, 6) is -0.565. The number of hydrogen-bond acceptors (Lipinski definition) is 6. The lowest BCUT2D eigenvalue weighted by atomic mass is 10.2. The molecule has 0 radical (unpaired) electrons. The molecule has 0 aliphatic carbocycles. The lowest BCUT2D eigenvalue weighted by molar-refractivity contribution is -0.139.